The second-order valence-electron chi connectivity index (χ2n) is 4.04. The topological polar surface area (TPSA) is 74.2 Å². The minimum absolute atomic E-state index is 0.211. The maximum absolute atomic E-state index is 6.13. The highest BCUT2D eigenvalue weighted by atomic mass is 35.5. The molecular weight excluding hydrogens is 266 g/mol. The fourth-order valence-electron chi connectivity index (χ4n) is 1.61. The molecule has 1 aromatic carbocycles. The molecule has 6 heteroatoms. The van der Waals surface area contributed by atoms with Crippen LogP contribution in [-0.4, -0.2) is 16.7 Å². The lowest BCUT2D eigenvalue weighted by Gasteiger charge is -2.07. The molecule has 0 aliphatic rings. The Morgan fingerprint density at radius 3 is 2.74 bits per heavy atom. The molecule has 1 aromatic heterocycles. The monoisotopic (exact) mass is 281 g/mol. The molecule has 0 amide bonds. The van der Waals surface area contributed by atoms with E-state index in [-0.39, 0.29) is 6.61 Å². The fraction of sp³-hybridized carbons (Fsp3) is 0.385. The Labute approximate surface area is 116 Å². The molecule has 0 spiro atoms. The van der Waals surface area contributed by atoms with E-state index in [4.69, 9.17) is 26.5 Å². The number of rotatable bonds is 6. The van der Waals surface area contributed by atoms with E-state index >= 15 is 0 Å². The van der Waals surface area contributed by atoms with Crippen LogP contribution in [0.25, 0.3) is 0 Å². The Balaban J connectivity index is 1.99. The summed E-state index contributed by atoms with van der Waals surface area (Å²) in [4.78, 5) is 0. The predicted octanol–water partition coefficient (Wildman–Crippen LogP) is 2.37. The molecule has 19 heavy (non-hydrogen) atoms. The highest BCUT2D eigenvalue weighted by molar-refractivity contribution is 6.32. The predicted molar refractivity (Wildman–Crippen MR) is 72.2 cm³/mol. The second kappa shape index (κ2) is 6.54. The van der Waals surface area contributed by atoms with E-state index in [9.17, 15) is 0 Å². The van der Waals surface area contributed by atoms with Crippen LogP contribution in [0, 0.1) is 0 Å². The van der Waals surface area contributed by atoms with Gasteiger partial charge in [0.05, 0.1) is 5.02 Å². The molecular formula is C13H16ClN3O2. The summed E-state index contributed by atoms with van der Waals surface area (Å²) in [6.45, 7) is 2.76. The highest BCUT2D eigenvalue weighted by Gasteiger charge is 2.07. The maximum Gasteiger partial charge on any atom is 0.253 e. The molecule has 102 valence electrons. The molecule has 0 radical (unpaired) electrons. The van der Waals surface area contributed by atoms with Crippen LogP contribution in [-0.2, 0) is 19.4 Å². The van der Waals surface area contributed by atoms with Crippen LogP contribution >= 0.6 is 11.6 Å². The molecule has 2 N–H and O–H groups in total. The Morgan fingerprint density at radius 1 is 1.32 bits per heavy atom. The van der Waals surface area contributed by atoms with Gasteiger partial charge >= 0.3 is 0 Å². The van der Waals surface area contributed by atoms with Crippen molar-refractivity contribution in [2.75, 3.05) is 6.54 Å². The van der Waals surface area contributed by atoms with Crippen molar-refractivity contribution in [3.05, 3.63) is 40.6 Å². The molecule has 5 nitrogen and oxygen atoms in total. The number of aromatic nitrogens is 2. The van der Waals surface area contributed by atoms with Crippen LogP contribution in [0.2, 0.25) is 5.02 Å². The van der Waals surface area contributed by atoms with Crippen LogP contribution in [0.3, 0.4) is 0 Å². The Kier molecular flexibility index (Phi) is 4.76. The third-order valence-electron chi connectivity index (χ3n) is 2.59. The van der Waals surface area contributed by atoms with Gasteiger partial charge in [0.1, 0.15) is 5.75 Å². The van der Waals surface area contributed by atoms with E-state index < -0.39 is 0 Å². The average molecular weight is 282 g/mol. The fourth-order valence-corrected chi connectivity index (χ4v) is 1.87. The summed E-state index contributed by atoms with van der Waals surface area (Å²) in [6.07, 6.45) is 1.51. The number of benzene rings is 1. The third kappa shape index (κ3) is 3.68. The van der Waals surface area contributed by atoms with E-state index in [0.29, 0.717) is 35.5 Å². The molecule has 0 fully saturated rings. The molecule has 1 heterocycles. The standard InChI is InChI=1S/C13H16ClN3O2/c1-2-12-16-17-13(19-12)8-18-11-4-3-9(5-6-15)7-10(11)14/h3-4,7H,2,5-6,8,15H2,1H3. The largest absolute Gasteiger partial charge is 0.482 e. The molecule has 2 rings (SSSR count). The number of nitrogens with zero attached hydrogens (tertiary/aromatic N) is 2. The zero-order chi connectivity index (χ0) is 13.7. The summed E-state index contributed by atoms with van der Waals surface area (Å²) in [5.74, 6) is 1.64. The van der Waals surface area contributed by atoms with E-state index in [1.54, 1.807) is 0 Å². The van der Waals surface area contributed by atoms with Crippen molar-refractivity contribution >= 4 is 11.6 Å². The lowest BCUT2D eigenvalue weighted by Crippen LogP contribution is -2.03. The molecule has 0 bridgehead atoms. The molecule has 0 saturated heterocycles. The lowest BCUT2D eigenvalue weighted by atomic mass is 10.1. The van der Waals surface area contributed by atoms with Crippen LogP contribution in [0.4, 0.5) is 0 Å². The SMILES string of the molecule is CCc1nnc(COc2ccc(CCN)cc2Cl)o1. The summed E-state index contributed by atoms with van der Waals surface area (Å²) < 4.78 is 10.9. The molecule has 0 unspecified atom stereocenters. The quantitative estimate of drug-likeness (QED) is 0.880. The zero-order valence-electron chi connectivity index (χ0n) is 10.7. The van der Waals surface area contributed by atoms with Crippen molar-refractivity contribution in [2.24, 2.45) is 5.73 Å². The molecule has 0 aliphatic heterocycles. The van der Waals surface area contributed by atoms with Gasteiger partial charge in [0, 0.05) is 6.42 Å². The normalized spacial score (nSPS) is 10.7. The smallest absolute Gasteiger partial charge is 0.253 e. The Bertz CT molecular complexity index is 542. The van der Waals surface area contributed by atoms with E-state index in [1.807, 2.05) is 25.1 Å². The molecule has 0 aliphatic carbocycles. The summed E-state index contributed by atoms with van der Waals surface area (Å²) in [6, 6.07) is 5.62. The van der Waals surface area contributed by atoms with Crippen molar-refractivity contribution in [3.63, 3.8) is 0 Å². The van der Waals surface area contributed by atoms with Crippen molar-refractivity contribution in [3.8, 4) is 5.75 Å². The minimum atomic E-state index is 0.211. The van der Waals surface area contributed by atoms with Crippen molar-refractivity contribution in [1.82, 2.24) is 10.2 Å². The van der Waals surface area contributed by atoms with Crippen LogP contribution < -0.4 is 10.5 Å². The van der Waals surface area contributed by atoms with Crippen LogP contribution in [0.1, 0.15) is 24.3 Å². The summed E-state index contributed by atoms with van der Waals surface area (Å²) in [5.41, 5.74) is 6.59. The number of hydrogen-bond acceptors (Lipinski definition) is 5. The van der Waals surface area contributed by atoms with E-state index in [0.717, 1.165) is 12.0 Å². The van der Waals surface area contributed by atoms with Crippen molar-refractivity contribution < 1.29 is 9.15 Å². The van der Waals surface area contributed by atoms with E-state index in [1.165, 1.54) is 0 Å². The number of hydrogen-bond donors (Lipinski definition) is 1. The van der Waals surface area contributed by atoms with Crippen molar-refractivity contribution in [2.45, 2.75) is 26.4 Å². The number of nitrogens with two attached hydrogens (primary N) is 1. The van der Waals surface area contributed by atoms with Gasteiger partial charge in [0.2, 0.25) is 5.89 Å². The van der Waals surface area contributed by atoms with Gasteiger partial charge in [-0.25, -0.2) is 0 Å². The Hall–Kier alpha value is -1.59. The van der Waals surface area contributed by atoms with Gasteiger partial charge in [0.15, 0.2) is 6.61 Å². The minimum Gasteiger partial charge on any atom is -0.482 e. The van der Waals surface area contributed by atoms with Crippen LogP contribution in [0.5, 0.6) is 5.75 Å². The number of aryl methyl sites for hydroxylation is 1. The first-order chi connectivity index (χ1) is 9.22. The summed E-state index contributed by atoms with van der Waals surface area (Å²) >= 11 is 6.13. The highest BCUT2D eigenvalue weighted by Crippen LogP contribution is 2.26. The zero-order valence-corrected chi connectivity index (χ0v) is 11.5. The summed E-state index contributed by atoms with van der Waals surface area (Å²) in [5, 5.41) is 8.30. The van der Waals surface area contributed by atoms with Gasteiger partial charge < -0.3 is 14.9 Å². The summed E-state index contributed by atoms with van der Waals surface area (Å²) in [7, 11) is 0. The lowest BCUT2D eigenvalue weighted by molar-refractivity contribution is 0.259. The van der Waals surface area contributed by atoms with Gasteiger partial charge in [-0.2, -0.15) is 0 Å². The third-order valence-corrected chi connectivity index (χ3v) is 2.89. The maximum atomic E-state index is 6.13. The van der Waals surface area contributed by atoms with E-state index in [2.05, 4.69) is 10.2 Å². The molecule has 0 saturated carbocycles. The van der Waals surface area contributed by atoms with Gasteiger partial charge in [-0.05, 0) is 30.7 Å². The first-order valence-corrected chi connectivity index (χ1v) is 6.53. The second-order valence-corrected chi connectivity index (χ2v) is 4.44. The Morgan fingerprint density at radius 2 is 2.11 bits per heavy atom. The first-order valence-electron chi connectivity index (χ1n) is 6.15. The number of ether oxygens (including phenoxy) is 1. The molecule has 0 atom stereocenters. The average Bonchev–Trinajstić information content (AvgIpc) is 2.86. The van der Waals surface area contributed by atoms with Crippen LogP contribution in [0.15, 0.2) is 22.6 Å². The van der Waals surface area contributed by atoms with Gasteiger partial charge in [-0.1, -0.05) is 24.6 Å². The van der Waals surface area contributed by atoms with Gasteiger partial charge in [-0.15, -0.1) is 10.2 Å². The number of halogens is 1. The van der Waals surface area contributed by atoms with Gasteiger partial charge in [-0.3, -0.25) is 0 Å². The van der Waals surface area contributed by atoms with Crippen molar-refractivity contribution in [1.29, 1.82) is 0 Å². The first kappa shape index (κ1) is 13.8. The molecule has 2 aromatic rings. The van der Waals surface area contributed by atoms with Gasteiger partial charge in [0.25, 0.3) is 5.89 Å².